The van der Waals surface area contributed by atoms with Crippen molar-refractivity contribution < 1.29 is 0 Å². The van der Waals surface area contributed by atoms with Crippen molar-refractivity contribution in [1.82, 2.24) is 4.98 Å². The zero-order chi connectivity index (χ0) is 16.4. The minimum absolute atomic E-state index is 0.998. The van der Waals surface area contributed by atoms with Crippen molar-refractivity contribution in [3.63, 3.8) is 0 Å². The van der Waals surface area contributed by atoms with Crippen molar-refractivity contribution >= 4 is 17.9 Å². The van der Waals surface area contributed by atoms with Crippen LogP contribution < -0.4 is 0 Å². The van der Waals surface area contributed by atoms with Gasteiger partial charge in [-0.05, 0) is 39.5 Å². The first-order valence-electron chi connectivity index (χ1n) is 8.74. The van der Waals surface area contributed by atoms with Crippen LogP contribution >= 0.6 is 0 Å². The van der Waals surface area contributed by atoms with Gasteiger partial charge >= 0.3 is 0 Å². The summed E-state index contributed by atoms with van der Waals surface area (Å²) in [5.41, 5.74) is 13.2. The summed E-state index contributed by atoms with van der Waals surface area (Å²) in [7, 11) is 0. The number of nitrogens with zero attached hydrogens (tertiary/aromatic N) is 1. The van der Waals surface area contributed by atoms with E-state index in [1.165, 1.54) is 50.2 Å². The molecular weight excluding hydrogens is 304 g/mol. The van der Waals surface area contributed by atoms with Crippen LogP contribution in [0.4, 0.5) is 0 Å². The molecule has 2 aromatic carbocycles. The van der Waals surface area contributed by atoms with Crippen LogP contribution in [0, 0.1) is 0 Å². The highest BCUT2D eigenvalue weighted by Gasteiger charge is 2.27. The number of benzene rings is 2. The number of aromatic nitrogens is 1. The maximum absolute atomic E-state index is 4.72. The molecule has 118 valence electrons. The van der Waals surface area contributed by atoms with Gasteiger partial charge in [-0.3, -0.25) is 4.99 Å². The van der Waals surface area contributed by atoms with Crippen molar-refractivity contribution in [2.75, 3.05) is 0 Å². The van der Waals surface area contributed by atoms with Gasteiger partial charge in [0, 0.05) is 42.1 Å². The Balaban J connectivity index is 1.50. The molecule has 2 heterocycles. The van der Waals surface area contributed by atoms with Crippen molar-refractivity contribution in [2.45, 2.75) is 12.8 Å². The van der Waals surface area contributed by atoms with Crippen molar-refractivity contribution in [3.05, 3.63) is 93.9 Å². The number of hydrogen-bond donors (Lipinski definition) is 1. The second kappa shape index (κ2) is 4.70. The number of fused-ring (bicyclic) bond motifs is 5. The van der Waals surface area contributed by atoms with Gasteiger partial charge in [-0.1, -0.05) is 48.5 Å². The molecule has 1 N–H and O–H groups in total. The van der Waals surface area contributed by atoms with Crippen LogP contribution in [0.5, 0.6) is 0 Å². The third-order valence-electron chi connectivity index (χ3n) is 5.55. The molecule has 25 heavy (non-hydrogen) atoms. The Kier molecular flexibility index (Phi) is 2.48. The summed E-state index contributed by atoms with van der Waals surface area (Å²) in [5.74, 6) is 0. The highest BCUT2D eigenvalue weighted by Crippen LogP contribution is 2.44. The predicted molar refractivity (Wildman–Crippen MR) is 103 cm³/mol. The molecule has 3 aliphatic rings. The van der Waals surface area contributed by atoms with Gasteiger partial charge in [0.05, 0.1) is 5.70 Å². The minimum atomic E-state index is 0.998. The lowest BCUT2D eigenvalue weighted by Crippen LogP contribution is -1.87. The average Bonchev–Trinajstić information content (AvgIpc) is 3.36. The molecule has 2 aliphatic carbocycles. The third kappa shape index (κ3) is 1.77. The number of allylic oxidation sites excluding steroid dienone is 2. The molecule has 0 spiro atoms. The molecule has 0 radical (unpaired) electrons. The van der Waals surface area contributed by atoms with Gasteiger partial charge < -0.3 is 4.98 Å². The first-order valence-corrected chi connectivity index (χ1v) is 8.74. The lowest BCUT2D eigenvalue weighted by molar-refractivity contribution is 1.24. The predicted octanol–water partition coefficient (Wildman–Crippen LogP) is 5.02. The summed E-state index contributed by atoms with van der Waals surface area (Å²) in [5, 5.41) is 0. The summed E-state index contributed by atoms with van der Waals surface area (Å²) < 4.78 is 0. The van der Waals surface area contributed by atoms with E-state index in [1.54, 1.807) is 0 Å². The maximum Gasteiger partial charge on any atom is 0.0732 e. The number of rotatable bonds is 1. The Hall–Kier alpha value is -3.13. The maximum atomic E-state index is 4.72. The summed E-state index contributed by atoms with van der Waals surface area (Å²) in [6.07, 6.45) is 8.43. The second-order valence-corrected chi connectivity index (χ2v) is 6.96. The molecule has 0 atom stereocenters. The molecule has 2 heteroatoms. The number of nitrogens with one attached hydrogen (secondary N) is 1. The van der Waals surface area contributed by atoms with Gasteiger partial charge in [0.1, 0.15) is 0 Å². The molecule has 6 rings (SSSR count). The van der Waals surface area contributed by atoms with E-state index >= 15 is 0 Å². The van der Waals surface area contributed by atoms with Gasteiger partial charge in [-0.2, -0.15) is 0 Å². The van der Waals surface area contributed by atoms with Crippen molar-refractivity contribution in [2.24, 2.45) is 4.99 Å². The lowest BCUT2D eigenvalue weighted by Gasteiger charge is -2.06. The first kappa shape index (κ1) is 13.2. The highest BCUT2D eigenvalue weighted by atomic mass is 14.8. The van der Waals surface area contributed by atoms with E-state index in [0.717, 1.165) is 18.5 Å². The van der Waals surface area contributed by atoms with Crippen LogP contribution in [0.3, 0.4) is 0 Å². The van der Waals surface area contributed by atoms with E-state index in [0.29, 0.717) is 0 Å². The van der Waals surface area contributed by atoms with Gasteiger partial charge in [0.25, 0.3) is 0 Å². The fraction of sp³-hybridized carbons (Fsp3) is 0.0870. The first-order chi connectivity index (χ1) is 12.4. The van der Waals surface area contributed by atoms with Crippen LogP contribution in [0.15, 0.2) is 71.0 Å². The van der Waals surface area contributed by atoms with Gasteiger partial charge in [0.2, 0.25) is 0 Å². The number of H-pyrrole nitrogens is 1. The topological polar surface area (TPSA) is 28.1 Å². The Morgan fingerprint density at radius 1 is 0.840 bits per heavy atom. The monoisotopic (exact) mass is 320 g/mol. The van der Waals surface area contributed by atoms with Crippen LogP contribution in [0.1, 0.15) is 27.9 Å². The summed E-state index contributed by atoms with van der Waals surface area (Å²) >= 11 is 0. The number of hydrogen-bond acceptors (Lipinski definition) is 1. The van der Waals surface area contributed by atoms with Gasteiger partial charge in [-0.25, -0.2) is 0 Å². The van der Waals surface area contributed by atoms with Gasteiger partial charge in [-0.15, -0.1) is 0 Å². The van der Waals surface area contributed by atoms with Crippen LogP contribution in [-0.4, -0.2) is 11.2 Å². The Morgan fingerprint density at radius 3 is 2.48 bits per heavy atom. The molecule has 0 bridgehead atoms. The summed E-state index contributed by atoms with van der Waals surface area (Å²) in [4.78, 5) is 8.19. The largest absolute Gasteiger partial charge is 0.361 e. The fourth-order valence-electron chi connectivity index (χ4n) is 4.43. The average molecular weight is 320 g/mol. The van der Waals surface area contributed by atoms with E-state index in [1.807, 2.05) is 6.21 Å². The van der Waals surface area contributed by atoms with Crippen molar-refractivity contribution in [3.8, 4) is 11.1 Å². The molecule has 2 nitrogen and oxygen atoms in total. The van der Waals surface area contributed by atoms with Crippen LogP contribution in [0.2, 0.25) is 0 Å². The molecule has 1 aromatic heterocycles. The molecule has 0 saturated heterocycles. The number of aliphatic imine (C=N–C) groups is 1. The van der Waals surface area contributed by atoms with E-state index in [2.05, 4.69) is 65.8 Å². The third-order valence-corrected chi connectivity index (χ3v) is 5.55. The van der Waals surface area contributed by atoms with E-state index in [-0.39, 0.29) is 0 Å². The smallest absolute Gasteiger partial charge is 0.0732 e. The lowest BCUT2D eigenvalue weighted by atomic mass is 10.0. The van der Waals surface area contributed by atoms with Crippen LogP contribution in [-0.2, 0) is 12.8 Å². The Bertz CT molecular complexity index is 1140. The Labute approximate surface area is 146 Å². The molecular formula is C23H16N2. The van der Waals surface area contributed by atoms with E-state index in [4.69, 9.17) is 4.99 Å². The molecule has 0 saturated carbocycles. The minimum Gasteiger partial charge on any atom is -0.361 e. The van der Waals surface area contributed by atoms with Crippen LogP contribution in [0.25, 0.3) is 22.8 Å². The molecule has 0 fully saturated rings. The van der Waals surface area contributed by atoms with E-state index < -0.39 is 0 Å². The normalized spacial score (nSPS) is 17.8. The summed E-state index contributed by atoms with van der Waals surface area (Å²) in [6, 6.07) is 17.4. The number of aromatic amines is 1. The fourth-order valence-corrected chi connectivity index (χ4v) is 4.43. The zero-order valence-electron chi connectivity index (χ0n) is 13.7. The molecule has 0 amide bonds. The quantitative estimate of drug-likeness (QED) is 0.510. The summed E-state index contributed by atoms with van der Waals surface area (Å²) in [6.45, 7) is 0. The second-order valence-electron chi connectivity index (χ2n) is 6.96. The Morgan fingerprint density at radius 2 is 1.60 bits per heavy atom. The van der Waals surface area contributed by atoms with E-state index in [9.17, 15) is 0 Å². The molecule has 3 aromatic rings. The van der Waals surface area contributed by atoms with Gasteiger partial charge in [0.15, 0.2) is 0 Å². The SMILES string of the molecule is C1=NC(=Cc2[nH]cc3c2-c2ccccc2C3)C2=C1Cc1ccccc12. The van der Waals surface area contributed by atoms with Crippen molar-refractivity contribution in [1.29, 1.82) is 0 Å². The standard InChI is InChI=1S/C23H16N2/c1-3-7-18-14(5-1)9-16-12-24-20(22(16)18)11-21-23-17(13-25-21)10-15-6-2-4-8-19(15)23/h1-8,11-13,24H,9-10H2. The zero-order valence-corrected chi connectivity index (χ0v) is 13.7. The molecule has 0 unspecified atom stereocenters. The highest BCUT2D eigenvalue weighted by molar-refractivity contribution is 6.07. The molecule has 1 aliphatic heterocycles.